The van der Waals surface area contributed by atoms with Gasteiger partial charge < -0.3 is 10.3 Å². The van der Waals surface area contributed by atoms with E-state index >= 15 is 0 Å². The van der Waals surface area contributed by atoms with E-state index in [4.69, 9.17) is 28.9 Å². The first-order valence-electron chi connectivity index (χ1n) is 5.75. The lowest BCUT2D eigenvalue weighted by atomic mass is 10.1. The van der Waals surface area contributed by atoms with E-state index in [0.717, 1.165) is 11.0 Å². The van der Waals surface area contributed by atoms with Gasteiger partial charge in [0.25, 0.3) is 0 Å². The minimum Gasteiger partial charge on any atom is -0.397 e. The lowest BCUT2D eigenvalue weighted by Crippen LogP contribution is -1.98. The van der Waals surface area contributed by atoms with Crippen molar-refractivity contribution in [2.24, 2.45) is 7.05 Å². The Morgan fingerprint density at radius 2 is 1.74 bits per heavy atom. The van der Waals surface area contributed by atoms with Gasteiger partial charge in [0.05, 0.1) is 32.3 Å². The second kappa shape index (κ2) is 4.44. The van der Waals surface area contributed by atoms with E-state index in [-0.39, 0.29) is 0 Å². The van der Waals surface area contributed by atoms with Crippen LogP contribution in [0.1, 0.15) is 0 Å². The summed E-state index contributed by atoms with van der Waals surface area (Å²) in [5, 5.41) is 1.02. The van der Waals surface area contributed by atoms with Crippen LogP contribution in [0.2, 0.25) is 10.0 Å². The van der Waals surface area contributed by atoms with E-state index in [0.29, 0.717) is 27.1 Å². The van der Waals surface area contributed by atoms with Crippen molar-refractivity contribution in [1.29, 1.82) is 0 Å². The summed E-state index contributed by atoms with van der Waals surface area (Å²) in [6, 6.07) is 11.3. The highest BCUT2D eigenvalue weighted by molar-refractivity contribution is 6.37. The third-order valence-electron chi connectivity index (χ3n) is 3.15. The number of nitrogen functional groups attached to an aromatic ring is 1. The average Bonchev–Trinajstić information content (AvgIpc) is 2.73. The smallest absolute Gasteiger partial charge is 0.144 e. The van der Waals surface area contributed by atoms with Gasteiger partial charge in [0.15, 0.2) is 0 Å². The number of imidazole rings is 1. The number of halogens is 2. The molecule has 0 bridgehead atoms. The Kier molecular flexibility index (Phi) is 2.88. The minimum atomic E-state index is 0.451. The molecule has 0 saturated carbocycles. The zero-order valence-corrected chi connectivity index (χ0v) is 11.7. The summed E-state index contributed by atoms with van der Waals surface area (Å²) in [5.41, 5.74) is 9.08. The lowest BCUT2D eigenvalue weighted by molar-refractivity contribution is 0.960. The Labute approximate surface area is 120 Å². The Morgan fingerprint density at radius 3 is 2.47 bits per heavy atom. The maximum atomic E-state index is 6.24. The molecule has 0 amide bonds. The maximum Gasteiger partial charge on any atom is 0.144 e. The summed E-state index contributed by atoms with van der Waals surface area (Å²) in [5.74, 6) is 0.714. The predicted octanol–water partition coefficient (Wildman–Crippen LogP) is 4.13. The molecule has 96 valence electrons. The van der Waals surface area contributed by atoms with Crippen LogP contribution in [0.15, 0.2) is 36.4 Å². The molecule has 0 atom stereocenters. The van der Waals surface area contributed by atoms with Gasteiger partial charge in [-0.2, -0.15) is 0 Å². The molecule has 0 saturated heterocycles. The number of nitrogens with two attached hydrogens (primary N) is 1. The highest BCUT2D eigenvalue weighted by Crippen LogP contribution is 2.37. The van der Waals surface area contributed by atoms with Crippen LogP contribution in [0.3, 0.4) is 0 Å². The van der Waals surface area contributed by atoms with E-state index < -0.39 is 0 Å². The molecule has 0 aliphatic rings. The first-order valence-corrected chi connectivity index (χ1v) is 6.50. The van der Waals surface area contributed by atoms with Gasteiger partial charge in [-0.25, -0.2) is 4.98 Å². The van der Waals surface area contributed by atoms with Crippen LogP contribution in [-0.4, -0.2) is 9.55 Å². The maximum absolute atomic E-state index is 6.24. The highest BCUT2D eigenvalue weighted by Gasteiger charge is 2.17. The van der Waals surface area contributed by atoms with Crippen molar-refractivity contribution in [2.75, 3.05) is 5.73 Å². The summed E-state index contributed by atoms with van der Waals surface area (Å²) in [4.78, 5) is 4.59. The normalized spacial score (nSPS) is 11.1. The fourth-order valence-electron chi connectivity index (χ4n) is 2.16. The molecule has 0 unspecified atom stereocenters. The van der Waals surface area contributed by atoms with Gasteiger partial charge in [-0.15, -0.1) is 0 Å². The summed E-state index contributed by atoms with van der Waals surface area (Å²) in [6.07, 6.45) is 0. The molecular weight excluding hydrogens is 281 g/mol. The number of aryl methyl sites for hydroxylation is 1. The topological polar surface area (TPSA) is 43.8 Å². The zero-order chi connectivity index (χ0) is 13.6. The zero-order valence-electron chi connectivity index (χ0n) is 10.2. The van der Waals surface area contributed by atoms with Gasteiger partial charge in [-0.1, -0.05) is 35.3 Å². The van der Waals surface area contributed by atoms with Crippen molar-refractivity contribution < 1.29 is 0 Å². The molecule has 1 heterocycles. The van der Waals surface area contributed by atoms with Crippen molar-refractivity contribution in [2.45, 2.75) is 0 Å². The predicted molar refractivity (Wildman–Crippen MR) is 80.6 cm³/mol. The summed E-state index contributed by atoms with van der Waals surface area (Å²) in [7, 11) is 1.93. The van der Waals surface area contributed by atoms with Crippen molar-refractivity contribution in [3.8, 4) is 11.4 Å². The highest BCUT2D eigenvalue weighted by atomic mass is 35.5. The van der Waals surface area contributed by atoms with E-state index in [1.54, 1.807) is 12.1 Å². The molecule has 0 fully saturated rings. The van der Waals surface area contributed by atoms with E-state index in [2.05, 4.69) is 4.98 Å². The molecular formula is C14H11Cl2N3. The monoisotopic (exact) mass is 291 g/mol. The fourth-order valence-corrected chi connectivity index (χ4v) is 2.57. The number of hydrogen-bond donors (Lipinski definition) is 1. The second-order valence-electron chi connectivity index (χ2n) is 4.30. The fraction of sp³-hybridized carbons (Fsp3) is 0.0714. The van der Waals surface area contributed by atoms with Crippen LogP contribution >= 0.6 is 23.2 Å². The molecule has 3 aromatic rings. The third kappa shape index (κ3) is 1.86. The van der Waals surface area contributed by atoms with Gasteiger partial charge in [0.2, 0.25) is 0 Å². The average molecular weight is 292 g/mol. The van der Waals surface area contributed by atoms with Crippen molar-refractivity contribution in [1.82, 2.24) is 9.55 Å². The Bertz CT molecular complexity index is 778. The number of fused-ring (bicyclic) bond motifs is 1. The first kappa shape index (κ1) is 12.3. The minimum absolute atomic E-state index is 0.451. The molecule has 19 heavy (non-hydrogen) atoms. The van der Waals surface area contributed by atoms with Gasteiger partial charge in [-0.05, 0) is 24.3 Å². The molecule has 0 aliphatic carbocycles. The summed E-state index contributed by atoms with van der Waals surface area (Å²) < 4.78 is 1.96. The third-order valence-corrected chi connectivity index (χ3v) is 3.80. The molecule has 2 aromatic carbocycles. The van der Waals surface area contributed by atoms with Crippen LogP contribution in [0.5, 0.6) is 0 Å². The molecule has 3 nitrogen and oxygen atoms in total. The number of benzene rings is 2. The first-order chi connectivity index (χ1) is 9.09. The van der Waals surface area contributed by atoms with E-state index in [1.807, 2.05) is 35.9 Å². The number of hydrogen-bond acceptors (Lipinski definition) is 2. The van der Waals surface area contributed by atoms with Crippen LogP contribution < -0.4 is 5.73 Å². The van der Waals surface area contributed by atoms with Crippen molar-refractivity contribution >= 4 is 39.9 Å². The van der Waals surface area contributed by atoms with Gasteiger partial charge in [0.1, 0.15) is 5.82 Å². The molecule has 3 rings (SSSR count). The number of rotatable bonds is 1. The van der Waals surface area contributed by atoms with Gasteiger partial charge in [0, 0.05) is 7.05 Å². The quantitative estimate of drug-likeness (QED) is 0.685. The largest absolute Gasteiger partial charge is 0.397 e. The van der Waals surface area contributed by atoms with Crippen LogP contribution in [-0.2, 0) is 7.05 Å². The van der Waals surface area contributed by atoms with Crippen LogP contribution in [0.4, 0.5) is 5.69 Å². The molecule has 0 aliphatic heterocycles. The van der Waals surface area contributed by atoms with Gasteiger partial charge in [-0.3, -0.25) is 0 Å². The number of aromatic nitrogens is 2. The SMILES string of the molecule is Cn1c(-c2c(Cl)ccc(Cl)c2N)nc2ccccc21. The van der Waals surface area contributed by atoms with E-state index in [9.17, 15) is 0 Å². The number of anilines is 1. The van der Waals surface area contributed by atoms with Crippen LogP contribution in [0, 0.1) is 0 Å². The standard InChI is InChI=1S/C14H11Cl2N3/c1-19-11-5-3-2-4-10(11)18-14(19)12-8(15)6-7-9(16)13(12)17/h2-7H,17H2,1H3. The van der Waals surface area contributed by atoms with Crippen LogP contribution in [0.25, 0.3) is 22.4 Å². The second-order valence-corrected chi connectivity index (χ2v) is 5.12. The molecule has 1 aromatic heterocycles. The van der Waals surface area contributed by atoms with Gasteiger partial charge >= 0.3 is 0 Å². The molecule has 2 N–H and O–H groups in total. The Morgan fingerprint density at radius 1 is 1.05 bits per heavy atom. The molecule has 5 heteroatoms. The number of para-hydroxylation sites is 2. The molecule has 0 radical (unpaired) electrons. The Hall–Kier alpha value is -1.71. The van der Waals surface area contributed by atoms with Crippen molar-refractivity contribution in [3.63, 3.8) is 0 Å². The van der Waals surface area contributed by atoms with E-state index in [1.165, 1.54) is 0 Å². The number of nitrogens with zero attached hydrogens (tertiary/aromatic N) is 2. The lowest BCUT2D eigenvalue weighted by Gasteiger charge is -2.09. The summed E-state index contributed by atoms with van der Waals surface area (Å²) >= 11 is 12.3. The van der Waals surface area contributed by atoms with Crippen molar-refractivity contribution in [3.05, 3.63) is 46.4 Å². The Balaban J connectivity index is 2.37. The molecule has 0 spiro atoms. The summed E-state index contributed by atoms with van der Waals surface area (Å²) in [6.45, 7) is 0.